The molecule has 0 fully saturated rings. The van der Waals surface area contributed by atoms with Crippen LogP contribution in [0.1, 0.15) is 17.2 Å². The monoisotopic (exact) mass is 178 g/mol. The standard InChI is InChI=1S/C10H14N2O/c1-12-8-2-3-9-7(4-8)5-13-6-10(9)11/h2-4,10,12H,5-6,11H2,1H3/t10-/m1/s1. The summed E-state index contributed by atoms with van der Waals surface area (Å²) in [4.78, 5) is 0. The fraction of sp³-hybridized carbons (Fsp3) is 0.400. The van der Waals surface area contributed by atoms with Gasteiger partial charge >= 0.3 is 0 Å². The van der Waals surface area contributed by atoms with Crippen molar-refractivity contribution in [2.75, 3.05) is 19.0 Å². The minimum Gasteiger partial charge on any atom is -0.388 e. The van der Waals surface area contributed by atoms with E-state index in [1.54, 1.807) is 0 Å². The quantitative estimate of drug-likeness (QED) is 0.680. The average Bonchev–Trinajstić information content (AvgIpc) is 2.18. The van der Waals surface area contributed by atoms with Crippen molar-refractivity contribution in [3.05, 3.63) is 29.3 Å². The van der Waals surface area contributed by atoms with E-state index in [4.69, 9.17) is 10.5 Å². The molecule has 0 radical (unpaired) electrons. The van der Waals surface area contributed by atoms with Gasteiger partial charge in [-0.1, -0.05) is 6.07 Å². The molecule has 1 aliphatic rings. The maximum absolute atomic E-state index is 5.89. The minimum absolute atomic E-state index is 0.0367. The molecule has 3 heteroatoms. The van der Waals surface area contributed by atoms with Crippen molar-refractivity contribution in [3.63, 3.8) is 0 Å². The van der Waals surface area contributed by atoms with Crippen molar-refractivity contribution in [1.82, 2.24) is 0 Å². The second-order valence-corrected chi connectivity index (χ2v) is 3.29. The van der Waals surface area contributed by atoms with Gasteiger partial charge in [-0.3, -0.25) is 0 Å². The Morgan fingerprint density at radius 3 is 3.15 bits per heavy atom. The lowest BCUT2D eigenvalue weighted by Crippen LogP contribution is -2.23. The molecule has 70 valence electrons. The summed E-state index contributed by atoms with van der Waals surface area (Å²) in [7, 11) is 1.91. The van der Waals surface area contributed by atoms with Crippen LogP contribution in [0, 0.1) is 0 Å². The molecule has 3 N–H and O–H groups in total. The van der Waals surface area contributed by atoms with E-state index in [1.165, 1.54) is 11.1 Å². The fourth-order valence-corrected chi connectivity index (χ4v) is 1.63. The molecule has 0 aliphatic carbocycles. The zero-order valence-electron chi connectivity index (χ0n) is 7.71. The average molecular weight is 178 g/mol. The van der Waals surface area contributed by atoms with Gasteiger partial charge in [-0.15, -0.1) is 0 Å². The molecule has 1 aromatic rings. The molecule has 1 aliphatic heterocycles. The summed E-state index contributed by atoms with van der Waals surface area (Å²) in [6.07, 6.45) is 0. The second-order valence-electron chi connectivity index (χ2n) is 3.29. The smallest absolute Gasteiger partial charge is 0.0721 e. The molecule has 1 heterocycles. The van der Waals surface area contributed by atoms with Gasteiger partial charge in [0.1, 0.15) is 0 Å². The van der Waals surface area contributed by atoms with Crippen LogP contribution in [0.3, 0.4) is 0 Å². The highest BCUT2D eigenvalue weighted by atomic mass is 16.5. The van der Waals surface area contributed by atoms with Crippen molar-refractivity contribution in [1.29, 1.82) is 0 Å². The zero-order chi connectivity index (χ0) is 9.26. The van der Waals surface area contributed by atoms with Gasteiger partial charge in [-0.25, -0.2) is 0 Å². The van der Waals surface area contributed by atoms with E-state index in [0.29, 0.717) is 13.2 Å². The third kappa shape index (κ3) is 1.53. The number of ether oxygens (including phenoxy) is 1. The van der Waals surface area contributed by atoms with E-state index in [-0.39, 0.29) is 6.04 Å². The maximum atomic E-state index is 5.89. The maximum Gasteiger partial charge on any atom is 0.0721 e. The lowest BCUT2D eigenvalue weighted by Gasteiger charge is -2.23. The first-order chi connectivity index (χ1) is 6.31. The number of nitrogens with two attached hydrogens (primary N) is 1. The van der Waals surface area contributed by atoms with E-state index in [9.17, 15) is 0 Å². The van der Waals surface area contributed by atoms with E-state index in [0.717, 1.165) is 5.69 Å². The molecule has 2 rings (SSSR count). The summed E-state index contributed by atoms with van der Waals surface area (Å²) in [5.41, 5.74) is 9.41. The third-order valence-electron chi connectivity index (χ3n) is 2.39. The highest BCUT2D eigenvalue weighted by Gasteiger charge is 2.16. The van der Waals surface area contributed by atoms with E-state index in [2.05, 4.69) is 17.4 Å². The summed E-state index contributed by atoms with van der Waals surface area (Å²) >= 11 is 0. The summed E-state index contributed by atoms with van der Waals surface area (Å²) in [6, 6.07) is 6.25. The van der Waals surface area contributed by atoms with E-state index < -0.39 is 0 Å². The number of rotatable bonds is 1. The van der Waals surface area contributed by atoms with Crippen LogP contribution < -0.4 is 11.1 Å². The molecule has 0 spiro atoms. The Bertz CT molecular complexity index is 312. The first-order valence-electron chi connectivity index (χ1n) is 4.45. The second kappa shape index (κ2) is 3.36. The van der Waals surface area contributed by atoms with Gasteiger partial charge in [-0.05, 0) is 23.3 Å². The van der Waals surface area contributed by atoms with E-state index in [1.807, 2.05) is 13.1 Å². The molecule has 0 bridgehead atoms. The summed E-state index contributed by atoms with van der Waals surface area (Å²) in [5, 5.41) is 3.10. The van der Waals surface area contributed by atoms with Gasteiger partial charge < -0.3 is 15.8 Å². The van der Waals surface area contributed by atoms with Gasteiger partial charge in [0.05, 0.1) is 19.3 Å². The number of fused-ring (bicyclic) bond motifs is 1. The molecule has 13 heavy (non-hydrogen) atoms. The Labute approximate surface area is 77.9 Å². The topological polar surface area (TPSA) is 47.3 Å². The van der Waals surface area contributed by atoms with Crippen molar-refractivity contribution in [3.8, 4) is 0 Å². The lowest BCUT2D eigenvalue weighted by atomic mass is 9.99. The van der Waals surface area contributed by atoms with Crippen molar-refractivity contribution in [2.24, 2.45) is 5.73 Å². The van der Waals surface area contributed by atoms with Crippen LogP contribution in [-0.4, -0.2) is 13.7 Å². The molecule has 3 nitrogen and oxygen atoms in total. The highest BCUT2D eigenvalue weighted by molar-refractivity contribution is 5.49. The van der Waals surface area contributed by atoms with Crippen LogP contribution in [0.25, 0.3) is 0 Å². The number of hydrogen-bond acceptors (Lipinski definition) is 3. The summed E-state index contributed by atoms with van der Waals surface area (Å²) in [6.45, 7) is 1.31. The number of nitrogens with one attached hydrogen (secondary N) is 1. The predicted octanol–water partition coefficient (Wildman–Crippen LogP) is 1.26. The Hall–Kier alpha value is -1.06. The van der Waals surface area contributed by atoms with Gasteiger partial charge in [0.25, 0.3) is 0 Å². The Morgan fingerprint density at radius 2 is 2.38 bits per heavy atom. The van der Waals surface area contributed by atoms with Crippen LogP contribution >= 0.6 is 0 Å². The van der Waals surface area contributed by atoms with Crippen molar-refractivity contribution in [2.45, 2.75) is 12.6 Å². The van der Waals surface area contributed by atoms with Crippen LogP contribution in [0.5, 0.6) is 0 Å². The van der Waals surface area contributed by atoms with Gasteiger partial charge in [0.2, 0.25) is 0 Å². The number of benzene rings is 1. The largest absolute Gasteiger partial charge is 0.388 e. The molecule has 1 atom stereocenters. The van der Waals surface area contributed by atoms with Crippen LogP contribution in [0.4, 0.5) is 5.69 Å². The van der Waals surface area contributed by atoms with Gasteiger partial charge in [-0.2, -0.15) is 0 Å². The SMILES string of the molecule is CNc1ccc2c(c1)COC[C@H]2N. The lowest BCUT2D eigenvalue weighted by molar-refractivity contribution is 0.0924. The number of hydrogen-bond donors (Lipinski definition) is 2. The minimum atomic E-state index is 0.0367. The summed E-state index contributed by atoms with van der Waals surface area (Å²) < 4.78 is 5.35. The normalized spacial score (nSPS) is 20.9. The predicted molar refractivity (Wildman–Crippen MR) is 52.6 cm³/mol. The Morgan fingerprint density at radius 1 is 1.54 bits per heavy atom. The molecule has 0 saturated heterocycles. The zero-order valence-corrected chi connectivity index (χ0v) is 7.71. The molecule has 0 unspecified atom stereocenters. The molecule has 1 aromatic carbocycles. The van der Waals surface area contributed by atoms with Crippen LogP contribution in [0.15, 0.2) is 18.2 Å². The Balaban J connectivity index is 2.39. The molecular formula is C10H14N2O. The first-order valence-corrected chi connectivity index (χ1v) is 4.45. The van der Waals surface area contributed by atoms with E-state index >= 15 is 0 Å². The van der Waals surface area contributed by atoms with Crippen molar-refractivity contribution < 1.29 is 4.74 Å². The van der Waals surface area contributed by atoms with Crippen LogP contribution in [0.2, 0.25) is 0 Å². The highest BCUT2D eigenvalue weighted by Crippen LogP contribution is 2.25. The van der Waals surface area contributed by atoms with Gasteiger partial charge in [0, 0.05) is 12.7 Å². The van der Waals surface area contributed by atoms with Gasteiger partial charge in [0.15, 0.2) is 0 Å². The summed E-state index contributed by atoms with van der Waals surface area (Å²) in [5.74, 6) is 0. The third-order valence-corrected chi connectivity index (χ3v) is 2.39. The first kappa shape index (κ1) is 8.53. The fourth-order valence-electron chi connectivity index (χ4n) is 1.63. The van der Waals surface area contributed by atoms with Crippen molar-refractivity contribution >= 4 is 5.69 Å². The molecule has 0 saturated carbocycles. The Kier molecular flexibility index (Phi) is 2.20. The van der Waals surface area contributed by atoms with Crippen LogP contribution in [-0.2, 0) is 11.3 Å². The molecule has 0 aromatic heterocycles. The molecule has 0 amide bonds. The number of anilines is 1. The molecular weight excluding hydrogens is 164 g/mol.